The van der Waals surface area contributed by atoms with Crippen molar-refractivity contribution in [1.82, 2.24) is 0 Å². The third-order valence-corrected chi connectivity index (χ3v) is 4.56. The van der Waals surface area contributed by atoms with Crippen molar-refractivity contribution in [3.8, 4) is 0 Å². The molecule has 3 rings (SSSR count). The number of alkyl halides is 3. The summed E-state index contributed by atoms with van der Waals surface area (Å²) in [4.78, 5) is 10.8. The normalized spacial score (nSPS) is 33.6. The molecule has 0 saturated heterocycles. The summed E-state index contributed by atoms with van der Waals surface area (Å²) in [5, 5.41) is 3.14. The van der Waals surface area contributed by atoms with Gasteiger partial charge in [0.2, 0.25) is 0 Å². The van der Waals surface area contributed by atoms with Crippen LogP contribution in [0, 0.1) is 16.7 Å². The van der Waals surface area contributed by atoms with Gasteiger partial charge in [0.1, 0.15) is 0 Å². The average Bonchev–Trinajstić information content (AvgIpc) is 2.97. The van der Waals surface area contributed by atoms with Gasteiger partial charge in [-0.1, -0.05) is 23.4 Å². The van der Waals surface area contributed by atoms with Gasteiger partial charge < -0.3 is 0 Å². The smallest absolute Gasteiger partial charge is 0.166 e. The summed E-state index contributed by atoms with van der Waals surface area (Å²) in [6, 6.07) is 5.30. The highest BCUT2D eigenvalue weighted by Crippen LogP contribution is 2.54. The van der Waals surface area contributed by atoms with Crippen molar-refractivity contribution < 1.29 is 13.2 Å². The maximum Gasteiger partial charge on any atom is 0.416 e. The van der Waals surface area contributed by atoms with E-state index >= 15 is 0 Å². The minimum absolute atomic E-state index is 0.0590. The Bertz CT molecular complexity index is 500. The van der Waals surface area contributed by atoms with Crippen molar-refractivity contribution in [3.05, 3.63) is 40.3 Å². The van der Waals surface area contributed by atoms with Crippen molar-refractivity contribution in [2.45, 2.75) is 37.4 Å². The van der Waals surface area contributed by atoms with Crippen LogP contribution in [0.4, 0.5) is 13.2 Å². The average molecular weight is 269 g/mol. The van der Waals surface area contributed by atoms with E-state index in [2.05, 4.69) is 5.18 Å². The fourth-order valence-electron chi connectivity index (χ4n) is 3.76. The second-order valence-corrected chi connectivity index (χ2v) is 5.64. The van der Waals surface area contributed by atoms with E-state index in [-0.39, 0.29) is 17.9 Å². The lowest BCUT2D eigenvalue weighted by molar-refractivity contribution is -0.137. The summed E-state index contributed by atoms with van der Waals surface area (Å²) in [6.45, 7) is 0. The van der Waals surface area contributed by atoms with Crippen LogP contribution in [0.1, 0.15) is 36.3 Å². The third-order valence-electron chi connectivity index (χ3n) is 4.56. The summed E-state index contributed by atoms with van der Waals surface area (Å²) in [7, 11) is 0. The van der Waals surface area contributed by atoms with E-state index in [0.717, 1.165) is 25.3 Å². The molecular formula is C14H14F3NO. The minimum Gasteiger partial charge on any atom is -0.166 e. The van der Waals surface area contributed by atoms with Gasteiger partial charge in [0.25, 0.3) is 0 Å². The Hall–Kier alpha value is -1.39. The second-order valence-electron chi connectivity index (χ2n) is 5.64. The van der Waals surface area contributed by atoms with Crippen molar-refractivity contribution in [2.24, 2.45) is 17.0 Å². The lowest BCUT2D eigenvalue weighted by Gasteiger charge is -2.26. The van der Waals surface area contributed by atoms with Crippen molar-refractivity contribution in [3.63, 3.8) is 0 Å². The first-order valence-corrected chi connectivity index (χ1v) is 6.48. The number of benzene rings is 1. The zero-order chi connectivity index (χ0) is 13.6. The molecule has 19 heavy (non-hydrogen) atoms. The molecule has 0 amide bonds. The predicted molar refractivity (Wildman–Crippen MR) is 64.6 cm³/mol. The SMILES string of the molecule is O=NC1CC2CC(c3cccc(C(F)(F)F)c3)C1C2. The summed E-state index contributed by atoms with van der Waals surface area (Å²) in [5.41, 5.74) is 0.0964. The molecular weight excluding hydrogens is 255 g/mol. The first-order chi connectivity index (χ1) is 8.99. The highest BCUT2D eigenvalue weighted by atomic mass is 19.4. The Morgan fingerprint density at radius 2 is 1.95 bits per heavy atom. The summed E-state index contributed by atoms with van der Waals surface area (Å²) < 4.78 is 38.2. The van der Waals surface area contributed by atoms with Crippen LogP contribution < -0.4 is 0 Å². The van der Waals surface area contributed by atoms with Crippen LogP contribution >= 0.6 is 0 Å². The van der Waals surface area contributed by atoms with E-state index in [0.29, 0.717) is 11.5 Å². The number of rotatable bonds is 2. The van der Waals surface area contributed by atoms with Gasteiger partial charge in [-0.15, -0.1) is 0 Å². The molecule has 2 nitrogen and oxygen atoms in total. The number of hydrogen-bond acceptors (Lipinski definition) is 2. The van der Waals surface area contributed by atoms with Crippen molar-refractivity contribution in [1.29, 1.82) is 0 Å². The summed E-state index contributed by atoms with van der Waals surface area (Å²) >= 11 is 0. The minimum atomic E-state index is -4.31. The fraction of sp³-hybridized carbons (Fsp3) is 0.571. The Kier molecular flexibility index (Phi) is 2.87. The largest absolute Gasteiger partial charge is 0.416 e. The van der Waals surface area contributed by atoms with Crippen LogP contribution in [-0.2, 0) is 6.18 Å². The molecule has 0 N–H and O–H groups in total. The van der Waals surface area contributed by atoms with E-state index in [1.54, 1.807) is 6.07 Å². The molecule has 4 atom stereocenters. The molecule has 2 bridgehead atoms. The molecule has 2 saturated carbocycles. The predicted octanol–water partition coefficient (Wildman–Crippen LogP) is 4.35. The Morgan fingerprint density at radius 3 is 2.58 bits per heavy atom. The zero-order valence-corrected chi connectivity index (χ0v) is 10.2. The highest BCUT2D eigenvalue weighted by Gasteiger charge is 2.47. The van der Waals surface area contributed by atoms with Crippen LogP contribution in [0.15, 0.2) is 29.4 Å². The quantitative estimate of drug-likeness (QED) is 0.734. The third kappa shape index (κ3) is 2.15. The first-order valence-electron chi connectivity index (χ1n) is 6.48. The maximum absolute atomic E-state index is 12.7. The van der Waals surface area contributed by atoms with Crippen molar-refractivity contribution >= 4 is 0 Å². The van der Waals surface area contributed by atoms with Crippen molar-refractivity contribution in [2.75, 3.05) is 0 Å². The number of halogens is 3. The van der Waals surface area contributed by atoms with Gasteiger partial charge in [-0.2, -0.15) is 18.1 Å². The topological polar surface area (TPSA) is 29.4 Å². The Morgan fingerprint density at radius 1 is 1.16 bits per heavy atom. The molecule has 0 spiro atoms. The standard InChI is InChI=1S/C14H14F3NO/c15-14(16,17)10-3-1-2-9(7-10)11-4-8-5-12(11)13(6-8)18-19/h1-3,7-8,11-13H,4-6H2. The molecule has 2 aliphatic carbocycles. The van der Waals surface area contributed by atoms with E-state index in [1.807, 2.05) is 0 Å². The molecule has 4 unspecified atom stereocenters. The summed E-state index contributed by atoms with van der Waals surface area (Å²) in [5.74, 6) is 0.641. The van der Waals surface area contributed by atoms with E-state index < -0.39 is 11.7 Å². The van der Waals surface area contributed by atoms with Gasteiger partial charge in [-0.05, 0) is 48.6 Å². The van der Waals surface area contributed by atoms with E-state index in [4.69, 9.17) is 0 Å². The molecule has 2 aliphatic rings. The number of fused-ring (bicyclic) bond motifs is 2. The molecule has 0 aromatic heterocycles. The summed E-state index contributed by atoms with van der Waals surface area (Å²) in [6.07, 6.45) is -1.69. The number of hydrogen-bond donors (Lipinski definition) is 0. The van der Waals surface area contributed by atoms with Crippen LogP contribution in [-0.4, -0.2) is 6.04 Å². The lowest BCUT2D eigenvalue weighted by atomic mass is 9.80. The fourth-order valence-corrected chi connectivity index (χ4v) is 3.76. The molecule has 5 heteroatoms. The van der Waals surface area contributed by atoms with Crippen LogP contribution in [0.5, 0.6) is 0 Å². The van der Waals surface area contributed by atoms with Crippen LogP contribution in [0.2, 0.25) is 0 Å². The number of nitroso groups, excluding NO2 is 1. The first kappa shape index (κ1) is 12.6. The molecule has 1 aromatic rings. The molecule has 0 aliphatic heterocycles. The van der Waals surface area contributed by atoms with Crippen LogP contribution in [0.3, 0.4) is 0 Å². The van der Waals surface area contributed by atoms with Gasteiger partial charge >= 0.3 is 6.18 Å². The van der Waals surface area contributed by atoms with Gasteiger partial charge in [-0.25, -0.2) is 0 Å². The van der Waals surface area contributed by atoms with Gasteiger partial charge in [0.05, 0.1) is 11.6 Å². The van der Waals surface area contributed by atoms with Gasteiger partial charge in [0.15, 0.2) is 0 Å². The Labute approximate surface area is 109 Å². The Balaban J connectivity index is 1.89. The lowest BCUT2D eigenvalue weighted by Crippen LogP contribution is -2.21. The molecule has 0 heterocycles. The van der Waals surface area contributed by atoms with Gasteiger partial charge in [-0.3, -0.25) is 0 Å². The number of nitrogens with zero attached hydrogens (tertiary/aromatic N) is 1. The highest BCUT2D eigenvalue weighted by molar-refractivity contribution is 5.30. The second kappa shape index (κ2) is 4.32. The maximum atomic E-state index is 12.7. The molecule has 1 aromatic carbocycles. The van der Waals surface area contributed by atoms with Crippen LogP contribution in [0.25, 0.3) is 0 Å². The monoisotopic (exact) mass is 269 g/mol. The van der Waals surface area contributed by atoms with E-state index in [1.165, 1.54) is 12.1 Å². The zero-order valence-electron chi connectivity index (χ0n) is 10.2. The molecule has 2 fully saturated rings. The molecule has 102 valence electrons. The van der Waals surface area contributed by atoms with Gasteiger partial charge in [0, 0.05) is 0 Å². The van der Waals surface area contributed by atoms with E-state index in [9.17, 15) is 18.1 Å². The molecule has 0 radical (unpaired) electrons.